The molecule has 0 heterocycles. The van der Waals surface area contributed by atoms with Crippen LogP contribution in [0, 0.1) is 0 Å². The highest BCUT2D eigenvalue weighted by Gasteiger charge is 2.23. The summed E-state index contributed by atoms with van der Waals surface area (Å²) < 4.78 is 5.41. The molecule has 1 aromatic carbocycles. The van der Waals surface area contributed by atoms with Crippen molar-refractivity contribution in [2.45, 2.75) is 26.2 Å². The number of nitrogens with two attached hydrogens (primary N) is 1. The molecule has 0 spiro atoms. The molecule has 0 bridgehead atoms. The van der Waals surface area contributed by atoms with Gasteiger partial charge in [-0.25, -0.2) is 0 Å². The van der Waals surface area contributed by atoms with Crippen LogP contribution >= 0.6 is 0 Å². The number of hydrogen-bond donors (Lipinski definition) is 2. The van der Waals surface area contributed by atoms with Gasteiger partial charge in [0.25, 0.3) is 5.91 Å². The maximum absolute atomic E-state index is 12.0. The van der Waals surface area contributed by atoms with Crippen LogP contribution in [-0.4, -0.2) is 26.1 Å². The number of para-hydroxylation sites is 1. The second-order valence-corrected chi connectivity index (χ2v) is 5.18. The van der Waals surface area contributed by atoms with Crippen molar-refractivity contribution in [3.05, 3.63) is 29.3 Å². The number of nitrogens with one attached hydrogen (secondary N) is 1. The number of carbonyl (C=O) groups is 1. The number of benzene rings is 1. The first kappa shape index (κ1) is 14.5. The van der Waals surface area contributed by atoms with E-state index in [-0.39, 0.29) is 11.3 Å². The number of methoxy groups -OCH3 is 1. The van der Waals surface area contributed by atoms with Gasteiger partial charge in [0.05, 0.1) is 12.7 Å². The van der Waals surface area contributed by atoms with E-state index in [1.165, 1.54) is 0 Å². The molecule has 0 aromatic heterocycles. The van der Waals surface area contributed by atoms with Gasteiger partial charge in [0, 0.05) is 18.7 Å². The van der Waals surface area contributed by atoms with E-state index in [2.05, 4.69) is 26.1 Å². The Kier molecular flexibility index (Phi) is 4.73. The average Bonchev–Trinajstić information content (AvgIpc) is 2.33. The van der Waals surface area contributed by atoms with Crippen LogP contribution in [0.15, 0.2) is 18.2 Å². The molecule has 0 radical (unpaired) electrons. The number of amides is 1. The largest absolute Gasteiger partial charge is 0.496 e. The zero-order valence-corrected chi connectivity index (χ0v) is 11.5. The number of carbonyl (C=O) groups excluding carboxylic acids is 1. The first-order chi connectivity index (χ1) is 8.41. The maximum Gasteiger partial charge on any atom is 0.255 e. The van der Waals surface area contributed by atoms with Crippen LogP contribution in [0.4, 0.5) is 0 Å². The molecule has 0 fully saturated rings. The van der Waals surface area contributed by atoms with Gasteiger partial charge in [-0.3, -0.25) is 4.79 Å². The van der Waals surface area contributed by atoms with Crippen molar-refractivity contribution in [1.29, 1.82) is 0 Å². The summed E-state index contributed by atoms with van der Waals surface area (Å²) in [5.74, 6) is 0.489. The van der Waals surface area contributed by atoms with Crippen LogP contribution in [0.25, 0.3) is 0 Å². The highest BCUT2D eigenvalue weighted by atomic mass is 16.5. The Hall–Kier alpha value is -1.55. The fraction of sp³-hybridized carbons (Fsp3) is 0.500. The summed E-state index contributed by atoms with van der Waals surface area (Å²) in [7, 11) is 1.59. The van der Waals surface area contributed by atoms with E-state index < -0.39 is 0 Å². The lowest BCUT2D eigenvalue weighted by atomic mass is 9.85. The molecule has 0 atom stereocenters. The standard InChI is InChI=1S/C14H22N2O2/c1-14(2,3)11-7-5-6-10(12(11)18-4)13(17)16-9-8-15/h5-7H,8-9,15H2,1-4H3,(H,16,17). The summed E-state index contributed by atoms with van der Waals surface area (Å²) >= 11 is 0. The van der Waals surface area contributed by atoms with Gasteiger partial charge in [-0.15, -0.1) is 0 Å². The minimum absolute atomic E-state index is 0.0739. The van der Waals surface area contributed by atoms with Crippen LogP contribution < -0.4 is 15.8 Å². The normalized spacial score (nSPS) is 11.2. The average molecular weight is 250 g/mol. The summed E-state index contributed by atoms with van der Waals surface area (Å²) in [6.07, 6.45) is 0. The summed E-state index contributed by atoms with van der Waals surface area (Å²) in [6, 6.07) is 5.62. The van der Waals surface area contributed by atoms with Gasteiger partial charge >= 0.3 is 0 Å². The summed E-state index contributed by atoms with van der Waals surface area (Å²) in [5.41, 5.74) is 6.88. The molecule has 1 aromatic rings. The first-order valence-corrected chi connectivity index (χ1v) is 6.07. The lowest BCUT2D eigenvalue weighted by Gasteiger charge is -2.23. The van der Waals surface area contributed by atoms with Gasteiger partial charge in [0.2, 0.25) is 0 Å². The van der Waals surface area contributed by atoms with Gasteiger partial charge in [0.1, 0.15) is 5.75 Å². The number of hydrogen-bond acceptors (Lipinski definition) is 3. The first-order valence-electron chi connectivity index (χ1n) is 6.07. The maximum atomic E-state index is 12.0. The molecule has 1 amide bonds. The van der Waals surface area contributed by atoms with Crippen LogP contribution in [0.3, 0.4) is 0 Å². The third-order valence-electron chi connectivity index (χ3n) is 2.70. The molecule has 4 heteroatoms. The molecule has 0 saturated heterocycles. The molecule has 100 valence electrons. The van der Waals surface area contributed by atoms with E-state index in [9.17, 15) is 4.79 Å². The Labute approximate surface area is 109 Å². The van der Waals surface area contributed by atoms with Crippen molar-refractivity contribution in [3.8, 4) is 5.75 Å². The fourth-order valence-corrected chi connectivity index (χ4v) is 1.81. The van der Waals surface area contributed by atoms with E-state index >= 15 is 0 Å². The Balaban J connectivity index is 3.17. The number of rotatable bonds is 4. The predicted molar refractivity (Wildman–Crippen MR) is 73.1 cm³/mol. The molecule has 1 rings (SSSR count). The Morgan fingerprint density at radius 2 is 2.06 bits per heavy atom. The molecule has 18 heavy (non-hydrogen) atoms. The van der Waals surface area contributed by atoms with Crippen molar-refractivity contribution < 1.29 is 9.53 Å². The predicted octanol–water partition coefficient (Wildman–Crippen LogP) is 1.68. The topological polar surface area (TPSA) is 64.3 Å². The minimum atomic E-state index is -0.150. The van der Waals surface area contributed by atoms with E-state index in [4.69, 9.17) is 10.5 Å². The van der Waals surface area contributed by atoms with Gasteiger partial charge in [-0.05, 0) is 11.5 Å². The van der Waals surface area contributed by atoms with E-state index in [0.717, 1.165) is 5.56 Å². The highest BCUT2D eigenvalue weighted by molar-refractivity contribution is 5.97. The monoisotopic (exact) mass is 250 g/mol. The van der Waals surface area contributed by atoms with Gasteiger partial charge < -0.3 is 15.8 Å². The lowest BCUT2D eigenvalue weighted by Crippen LogP contribution is -2.29. The second kappa shape index (κ2) is 5.87. The van der Waals surface area contributed by atoms with E-state index in [1.54, 1.807) is 13.2 Å². The number of ether oxygens (including phenoxy) is 1. The molecule has 0 saturated carbocycles. The lowest BCUT2D eigenvalue weighted by molar-refractivity contribution is 0.0951. The van der Waals surface area contributed by atoms with Crippen molar-refractivity contribution in [2.24, 2.45) is 5.73 Å². The summed E-state index contributed by atoms with van der Waals surface area (Å²) in [6.45, 7) is 7.15. The van der Waals surface area contributed by atoms with Crippen LogP contribution in [-0.2, 0) is 5.41 Å². The molecule has 3 N–H and O–H groups in total. The Morgan fingerprint density at radius 1 is 1.39 bits per heavy atom. The minimum Gasteiger partial charge on any atom is -0.496 e. The summed E-state index contributed by atoms with van der Waals surface area (Å²) in [4.78, 5) is 12.0. The van der Waals surface area contributed by atoms with Crippen LogP contribution in [0.2, 0.25) is 0 Å². The van der Waals surface area contributed by atoms with Gasteiger partial charge in [-0.1, -0.05) is 32.9 Å². The van der Waals surface area contributed by atoms with Crippen LogP contribution in [0.5, 0.6) is 5.75 Å². The molecule has 4 nitrogen and oxygen atoms in total. The third kappa shape index (κ3) is 3.23. The Morgan fingerprint density at radius 3 is 2.56 bits per heavy atom. The zero-order chi connectivity index (χ0) is 13.8. The van der Waals surface area contributed by atoms with Crippen molar-refractivity contribution in [2.75, 3.05) is 20.2 Å². The molecular formula is C14H22N2O2. The van der Waals surface area contributed by atoms with Crippen molar-refractivity contribution >= 4 is 5.91 Å². The second-order valence-electron chi connectivity index (χ2n) is 5.18. The fourth-order valence-electron chi connectivity index (χ4n) is 1.81. The van der Waals surface area contributed by atoms with Gasteiger partial charge in [-0.2, -0.15) is 0 Å². The smallest absolute Gasteiger partial charge is 0.255 e. The van der Waals surface area contributed by atoms with Crippen molar-refractivity contribution in [1.82, 2.24) is 5.32 Å². The van der Waals surface area contributed by atoms with Crippen molar-refractivity contribution in [3.63, 3.8) is 0 Å². The highest BCUT2D eigenvalue weighted by Crippen LogP contribution is 2.33. The summed E-state index contributed by atoms with van der Waals surface area (Å²) in [5, 5.41) is 2.76. The van der Waals surface area contributed by atoms with E-state index in [0.29, 0.717) is 24.4 Å². The Bertz CT molecular complexity index is 422. The van der Waals surface area contributed by atoms with Crippen LogP contribution in [0.1, 0.15) is 36.7 Å². The molecule has 0 aliphatic heterocycles. The quantitative estimate of drug-likeness (QED) is 0.854. The van der Waals surface area contributed by atoms with Gasteiger partial charge in [0.15, 0.2) is 0 Å². The third-order valence-corrected chi connectivity index (χ3v) is 2.70. The zero-order valence-electron chi connectivity index (χ0n) is 11.5. The molecule has 0 aliphatic carbocycles. The molecule has 0 aliphatic rings. The SMILES string of the molecule is COc1c(C(=O)NCCN)cccc1C(C)(C)C. The molecule has 0 unspecified atom stereocenters. The van der Waals surface area contributed by atoms with E-state index in [1.807, 2.05) is 12.1 Å². The molecular weight excluding hydrogens is 228 g/mol.